The lowest BCUT2D eigenvalue weighted by Crippen LogP contribution is -2.61. The highest BCUT2D eigenvalue weighted by atomic mass is 19.4. The zero-order valence-electron chi connectivity index (χ0n) is 12.4. The Morgan fingerprint density at radius 2 is 1.56 bits per heavy atom. The van der Waals surface area contributed by atoms with Crippen molar-refractivity contribution in [1.29, 1.82) is 5.26 Å². The van der Waals surface area contributed by atoms with E-state index >= 15 is 0 Å². The van der Waals surface area contributed by atoms with E-state index in [1.54, 1.807) is 6.07 Å². The Labute approximate surface area is 135 Å². The van der Waals surface area contributed by atoms with E-state index in [0.29, 0.717) is 0 Å². The molecule has 11 heteroatoms. The minimum Gasteiger partial charge on any atom is -0.377 e. The summed E-state index contributed by atoms with van der Waals surface area (Å²) in [5.74, 6) is -19.4. The number of halogens is 9. The van der Waals surface area contributed by atoms with E-state index in [1.807, 2.05) is 0 Å². The van der Waals surface area contributed by atoms with Gasteiger partial charge in [-0.05, 0) is 17.7 Å². The highest BCUT2D eigenvalue weighted by Crippen LogP contribution is 2.55. The molecule has 0 saturated carbocycles. The van der Waals surface area contributed by atoms with E-state index in [4.69, 9.17) is 5.26 Å². The molecule has 1 aromatic rings. The van der Waals surface area contributed by atoms with Crippen molar-refractivity contribution in [3.8, 4) is 6.07 Å². The smallest absolute Gasteiger partial charge is 0.377 e. The Morgan fingerprint density at radius 3 is 2.00 bits per heavy atom. The summed E-state index contributed by atoms with van der Waals surface area (Å²) in [5.41, 5.74) is -0.331. The van der Waals surface area contributed by atoms with Gasteiger partial charge >= 0.3 is 23.9 Å². The van der Waals surface area contributed by atoms with Gasteiger partial charge in [-0.15, -0.1) is 0 Å². The largest absolute Gasteiger partial charge is 0.460 e. The van der Waals surface area contributed by atoms with Crippen LogP contribution in [0.4, 0.5) is 39.5 Å². The molecular formula is C14H10F9NO. The third kappa shape index (κ3) is 3.84. The summed E-state index contributed by atoms with van der Waals surface area (Å²) < 4.78 is 120. The number of nitriles is 1. The molecule has 0 aliphatic heterocycles. The molecule has 0 saturated heterocycles. The molecule has 1 atom stereocenters. The Balaban J connectivity index is 3.22. The topological polar surface area (TPSA) is 33.0 Å². The van der Waals surface area contributed by atoms with Gasteiger partial charge in [-0.3, -0.25) is 0 Å². The summed E-state index contributed by atoms with van der Waals surface area (Å²) >= 11 is 0. The van der Waals surface area contributed by atoms with Crippen LogP contribution < -0.4 is 0 Å². The van der Waals surface area contributed by atoms with Crippen molar-refractivity contribution in [2.75, 3.05) is 7.11 Å². The fraction of sp³-hybridized carbons (Fsp3) is 0.500. The summed E-state index contributed by atoms with van der Waals surface area (Å²) in [6.07, 6.45) is -11.0. The Kier molecular flexibility index (Phi) is 5.69. The monoisotopic (exact) mass is 379 g/mol. The average Bonchev–Trinajstić information content (AvgIpc) is 2.51. The minimum atomic E-state index is -6.95. The SMILES string of the molecule is COC(CC(F)(F)C(F)(F)C(F)(F)C(F)(F)F)c1cccc(C#N)c1. The normalized spacial score (nSPS) is 14.9. The molecule has 2 nitrogen and oxygen atoms in total. The summed E-state index contributed by atoms with van der Waals surface area (Å²) in [5, 5.41) is 8.69. The molecule has 0 aliphatic rings. The van der Waals surface area contributed by atoms with Crippen LogP contribution >= 0.6 is 0 Å². The van der Waals surface area contributed by atoms with E-state index in [-0.39, 0.29) is 11.1 Å². The minimum absolute atomic E-state index is 0.0738. The number of hydrogen-bond acceptors (Lipinski definition) is 2. The summed E-state index contributed by atoms with van der Waals surface area (Å²) in [4.78, 5) is 0. The quantitative estimate of drug-likeness (QED) is 0.644. The van der Waals surface area contributed by atoms with Gasteiger partial charge in [0.2, 0.25) is 0 Å². The van der Waals surface area contributed by atoms with Gasteiger partial charge in [0.05, 0.1) is 17.7 Å². The van der Waals surface area contributed by atoms with Crippen LogP contribution in [0.5, 0.6) is 0 Å². The number of ether oxygens (including phenoxy) is 1. The van der Waals surface area contributed by atoms with Gasteiger partial charge in [0.1, 0.15) is 0 Å². The van der Waals surface area contributed by atoms with Gasteiger partial charge in [0.25, 0.3) is 0 Å². The number of rotatable bonds is 6. The van der Waals surface area contributed by atoms with Crippen molar-refractivity contribution in [3.63, 3.8) is 0 Å². The van der Waals surface area contributed by atoms with E-state index in [0.717, 1.165) is 19.2 Å². The third-order valence-electron chi connectivity index (χ3n) is 3.32. The van der Waals surface area contributed by atoms with E-state index in [9.17, 15) is 39.5 Å². The lowest BCUT2D eigenvalue weighted by molar-refractivity contribution is -0.398. The molecule has 1 unspecified atom stereocenters. The van der Waals surface area contributed by atoms with Gasteiger partial charge in [0, 0.05) is 13.5 Å². The van der Waals surface area contributed by atoms with Crippen LogP contribution in [-0.4, -0.2) is 31.1 Å². The van der Waals surface area contributed by atoms with Crippen LogP contribution in [0.3, 0.4) is 0 Å². The van der Waals surface area contributed by atoms with Crippen LogP contribution in [0.25, 0.3) is 0 Å². The number of alkyl halides is 9. The summed E-state index contributed by atoms with van der Waals surface area (Å²) in [6.45, 7) is 0. The van der Waals surface area contributed by atoms with Gasteiger partial charge < -0.3 is 4.74 Å². The molecule has 0 bridgehead atoms. The first-order valence-corrected chi connectivity index (χ1v) is 6.44. The number of nitrogens with zero attached hydrogens (tertiary/aromatic N) is 1. The van der Waals surface area contributed by atoms with Crippen molar-refractivity contribution in [3.05, 3.63) is 35.4 Å². The third-order valence-corrected chi connectivity index (χ3v) is 3.32. The standard InChI is InChI=1S/C14H10F9NO/c1-25-10(9-4-2-3-8(5-9)7-24)6-11(15,16)12(17,18)13(19,20)14(21,22)23/h2-5,10H,6H2,1H3. The van der Waals surface area contributed by atoms with Crippen molar-refractivity contribution in [2.45, 2.75) is 36.5 Å². The summed E-state index contributed by atoms with van der Waals surface area (Å²) in [6, 6.07) is 6.08. The Bertz CT molecular complexity index is 648. The summed E-state index contributed by atoms with van der Waals surface area (Å²) in [7, 11) is 0.778. The van der Waals surface area contributed by atoms with Gasteiger partial charge in [-0.2, -0.15) is 44.8 Å². The number of methoxy groups -OCH3 is 1. The molecule has 1 rings (SSSR count). The first-order valence-electron chi connectivity index (χ1n) is 6.44. The molecule has 0 spiro atoms. The fourth-order valence-electron chi connectivity index (χ4n) is 1.91. The molecule has 140 valence electrons. The van der Waals surface area contributed by atoms with Crippen LogP contribution in [0, 0.1) is 11.3 Å². The van der Waals surface area contributed by atoms with Crippen molar-refractivity contribution in [2.24, 2.45) is 0 Å². The zero-order chi connectivity index (χ0) is 19.7. The van der Waals surface area contributed by atoms with Crippen LogP contribution in [0.1, 0.15) is 23.7 Å². The Hall–Kier alpha value is -1.96. The highest BCUT2D eigenvalue weighted by Gasteiger charge is 2.81. The van der Waals surface area contributed by atoms with Crippen molar-refractivity contribution >= 4 is 0 Å². The van der Waals surface area contributed by atoms with Gasteiger partial charge in [0.15, 0.2) is 0 Å². The lowest BCUT2D eigenvalue weighted by Gasteiger charge is -2.35. The van der Waals surface area contributed by atoms with E-state index < -0.39 is 36.5 Å². The van der Waals surface area contributed by atoms with Crippen molar-refractivity contribution in [1.82, 2.24) is 0 Å². The van der Waals surface area contributed by atoms with Crippen LogP contribution in [0.2, 0.25) is 0 Å². The van der Waals surface area contributed by atoms with Crippen LogP contribution in [-0.2, 0) is 4.74 Å². The molecule has 0 N–H and O–H groups in total. The zero-order valence-corrected chi connectivity index (χ0v) is 12.4. The molecule has 0 radical (unpaired) electrons. The molecule has 0 aromatic heterocycles. The molecule has 0 heterocycles. The first-order chi connectivity index (χ1) is 11.2. The first kappa shape index (κ1) is 21.1. The molecule has 0 fully saturated rings. The average molecular weight is 379 g/mol. The second kappa shape index (κ2) is 6.74. The van der Waals surface area contributed by atoms with Gasteiger partial charge in [-0.1, -0.05) is 12.1 Å². The molecule has 1 aromatic carbocycles. The second-order valence-electron chi connectivity index (χ2n) is 5.02. The molecule has 0 aliphatic carbocycles. The molecule has 0 amide bonds. The maximum absolute atomic E-state index is 13.7. The van der Waals surface area contributed by atoms with Gasteiger partial charge in [-0.25, -0.2) is 0 Å². The predicted molar refractivity (Wildman–Crippen MR) is 66.4 cm³/mol. The number of hydrogen-bond donors (Lipinski definition) is 0. The molecular weight excluding hydrogens is 369 g/mol. The number of benzene rings is 1. The maximum Gasteiger partial charge on any atom is 0.460 e. The maximum atomic E-state index is 13.7. The van der Waals surface area contributed by atoms with E-state index in [1.165, 1.54) is 12.1 Å². The van der Waals surface area contributed by atoms with Crippen LogP contribution in [0.15, 0.2) is 24.3 Å². The Morgan fingerprint density at radius 1 is 1.00 bits per heavy atom. The fourth-order valence-corrected chi connectivity index (χ4v) is 1.91. The lowest BCUT2D eigenvalue weighted by atomic mass is 9.94. The highest BCUT2D eigenvalue weighted by molar-refractivity contribution is 5.34. The second-order valence-corrected chi connectivity index (χ2v) is 5.02. The molecule has 25 heavy (non-hydrogen) atoms. The predicted octanol–water partition coefficient (Wildman–Crippen LogP) is 5.10. The van der Waals surface area contributed by atoms with E-state index in [2.05, 4.69) is 4.74 Å². The van der Waals surface area contributed by atoms with Crippen molar-refractivity contribution < 1.29 is 44.3 Å².